The molecule has 4 N–H and O–H groups in total. The Kier molecular flexibility index (Phi) is 9.15. The minimum atomic E-state index is -0.533. The maximum Gasteiger partial charge on any atom is 0.410 e. The number of ether oxygens (including phenoxy) is 2. The van der Waals surface area contributed by atoms with Gasteiger partial charge in [0.2, 0.25) is 5.88 Å². The minimum Gasteiger partial charge on any atom is -0.475 e. The summed E-state index contributed by atoms with van der Waals surface area (Å²) in [6, 6.07) is 7.90. The van der Waals surface area contributed by atoms with Crippen molar-refractivity contribution in [1.82, 2.24) is 45.4 Å². The molecule has 316 valence electrons. The van der Waals surface area contributed by atoms with Gasteiger partial charge in [0.05, 0.1) is 45.1 Å². The van der Waals surface area contributed by atoms with Crippen LogP contribution in [0.3, 0.4) is 0 Å². The molecule has 9 heterocycles. The summed E-state index contributed by atoms with van der Waals surface area (Å²) in [5.74, 6) is 0.629. The first-order valence-electron chi connectivity index (χ1n) is 21.1. The highest BCUT2D eigenvalue weighted by Gasteiger charge is 2.54. The number of amides is 3. The summed E-state index contributed by atoms with van der Waals surface area (Å²) in [6.45, 7) is 13.6. The molecule has 5 aromatic heterocycles. The lowest BCUT2D eigenvalue weighted by Crippen LogP contribution is -2.67. The molecule has 11 rings (SSSR count). The number of halogens is 1. The molecule has 0 radical (unpaired) electrons. The third kappa shape index (κ3) is 6.48. The predicted octanol–water partition coefficient (Wildman–Crippen LogP) is 5.68. The zero-order chi connectivity index (χ0) is 42.6. The Morgan fingerprint density at radius 1 is 0.836 bits per heavy atom. The van der Waals surface area contributed by atoms with Crippen molar-refractivity contribution in [2.24, 2.45) is 7.05 Å². The van der Waals surface area contributed by atoms with Crippen molar-refractivity contribution in [1.29, 1.82) is 0 Å². The number of hydrogen-bond donors (Lipinski definition) is 4. The standard InChI is InChI=1S/C25H27N5O2.C21H23ClN4O3/c1-14(2)32-20-7-5-16(10-28-20)19-8-18-15(9-27-19)4-6-17-21-23(30(3)22(17)18)25(11-26-12-25)13-29-24(21)31;1-20(2,3)29-19(28)26-9-21(10-26)8-24-18(27)15-12-5-4-11-7-23-14(22)6-13(11)16(12)25-17(15)21/h5,7-10,14,26H,4,6,11-13H2,1-3H3,(H,29,31);6-7,25H,4-5,8-10H2,1-3H3,(H,24,27). The van der Waals surface area contributed by atoms with E-state index >= 15 is 0 Å². The summed E-state index contributed by atoms with van der Waals surface area (Å²) < 4.78 is 13.4. The number of aromatic nitrogens is 5. The smallest absolute Gasteiger partial charge is 0.410 e. The molecular weight excluding hydrogens is 794 g/mol. The third-order valence-corrected chi connectivity index (χ3v) is 13.2. The van der Waals surface area contributed by atoms with Gasteiger partial charge in [-0.3, -0.25) is 14.6 Å². The zero-order valence-electron chi connectivity index (χ0n) is 35.3. The fourth-order valence-corrected chi connectivity index (χ4v) is 10.3. The van der Waals surface area contributed by atoms with Gasteiger partial charge in [-0.05, 0) is 101 Å². The van der Waals surface area contributed by atoms with E-state index in [1.807, 2.05) is 71.4 Å². The van der Waals surface area contributed by atoms with Crippen molar-refractivity contribution in [3.63, 3.8) is 0 Å². The first-order valence-corrected chi connectivity index (χ1v) is 21.5. The van der Waals surface area contributed by atoms with Gasteiger partial charge in [-0.15, -0.1) is 0 Å². The fraction of sp³-hybridized carbons (Fsp3) is 0.435. The predicted molar refractivity (Wildman–Crippen MR) is 230 cm³/mol. The maximum atomic E-state index is 12.9. The lowest BCUT2D eigenvalue weighted by Gasteiger charge is -2.51. The van der Waals surface area contributed by atoms with Gasteiger partial charge in [0.25, 0.3) is 11.8 Å². The zero-order valence-corrected chi connectivity index (χ0v) is 36.1. The number of carbonyl (C=O) groups is 3. The van der Waals surface area contributed by atoms with Gasteiger partial charge >= 0.3 is 6.09 Å². The van der Waals surface area contributed by atoms with E-state index in [0.717, 1.165) is 94.9 Å². The van der Waals surface area contributed by atoms with Gasteiger partial charge in [0.15, 0.2) is 0 Å². The third-order valence-electron chi connectivity index (χ3n) is 13.0. The molecule has 14 nitrogen and oxygen atoms in total. The van der Waals surface area contributed by atoms with Crippen molar-refractivity contribution < 1.29 is 23.9 Å². The molecule has 2 saturated heterocycles. The van der Waals surface area contributed by atoms with Crippen molar-refractivity contribution in [3.05, 3.63) is 92.8 Å². The van der Waals surface area contributed by atoms with Gasteiger partial charge in [0, 0.05) is 99.1 Å². The lowest BCUT2D eigenvalue weighted by atomic mass is 9.72. The number of likely N-dealkylation sites (tertiary alicyclic amines) is 1. The molecule has 0 unspecified atom stereocenters. The molecule has 0 atom stereocenters. The number of nitrogens with one attached hydrogen (secondary N) is 4. The molecule has 0 aromatic carbocycles. The van der Waals surface area contributed by atoms with Gasteiger partial charge < -0.3 is 39.9 Å². The fourth-order valence-electron chi connectivity index (χ4n) is 10.2. The quantitative estimate of drug-likeness (QED) is 0.167. The monoisotopic (exact) mass is 843 g/mol. The van der Waals surface area contributed by atoms with Crippen LogP contribution in [-0.2, 0) is 48.3 Å². The average Bonchev–Trinajstić information content (AvgIpc) is 3.74. The van der Waals surface area contributed by atoms with Crippen LogP contribution in [0.4, 0.5) is 4.79 Å². The minimum absolute atomic E-state index is 0.00151. The first-order chi connectivity index (χ1) is 29.1. The summed E-state index contributed by atoms with van der Waals surface area (Å²) in [5, 5.41) is 10.0. The number of pyridine rings is 3. The van der Waals surface area contributed by atoms with Crippen LogP contribution in [0.1, 0.15) is 89.0 Å². The molecule has 0 bridgehead atoms. The molecule has 2 spiro atoms. The van der Waals surface area contributed by atoms with Gasteiger partial charge in [-0.25, -0.2) is 14.8 Å². The van der Waals surface area contributed by atoms with Crippen LogP contribution in [0.5, 0.6) is 5.88 Å². The van der Waals surface area contributed by atoms with E-state index in [4.69, 9.17) is 26.1 Å². The molecule has 3 amide bonds. The molecule has 2 aliphatic carbocycles. The number of H-pyrrole nitrogens is 1. The van der Waals surface area contributed by atoms with E-state index in [-0.39, 0.29) is 34.8 Å². The van der Waals surface area contributed by atoms with Crippen molar-refractivity contribution in [2.45, 2.75) is 82.8 Å². The molecule has 15 heteroatoms. The second-order valence-corrected chi connectivity index (χ2v) is 19.0. The van der Waals surface area contributed by atoms with Crippen LogP contribution in [0.25, 0.3) is 33.8 Å². The number of hydrogen-bond acceptors (Lipinski definition) is 9. The topological polar surface area (TPSA) is 168 Å². The number of carbonyl (C=O) groups excluding carboxylic acids is 3. The lowest BCUT2D eigenvalue weighted by molar-refractivity contribution is -0.0113. The maximum absolute atomic E-state index is 12.9. The van der Waals surface area contributed by atoms with Crippen molar-refractivity contribution in [3.8, 4) is 39.7 Å². The van der Waals surface area contributed by atoms with E-state index in [1.54, 1.807) is 4.90 Å². The Balaban J connectivity index is 0.000000147. The number of aryl methyl sites for hydroxylation is 2. The number of rotatable bonds is 3. The molecule has 2 fully saturated rings. The van der Waals surface area contributed by atoms with E-state index in [2.05, 4.69) is 48.6 Å². The Bertz CT molecular complexity index is 2650. The Morgan fingerprint density at radius 3 is 2.20 bits per heavy atom. The van der Waals surface area contributed by atoms with E-state index in [1.165, 1.54) is 22.4 Å². The Morgan fingerprint density at radius 2 is 1.52 bits per heavy atom. The van der Waals surface area contributed by atoms with Gasteiger partial charge in [-0.2, -0.15) is 0 Å². The SMILES string of the molecule is CC(C)(C)OC(=O)N1CC2(CNC(=O)c3c2[nH]c2c3CCc3cnc(Cl)cc3-2)C1.CC(C)Oc1ccc(-c2cc3c(cn2)CCc2c4c(n(C)c2-3)C2(CNC2)CNC4=O)cn1. The summed E-state index contributed by atoms with van der Waals surface area (Å²) in [5.41, 5.74) is 13.6. The van der Waals surface area contributed by atoms with Crippen LogP contribution in [0.2, 0.25) is 5.15 Å². The first kappa shape index (κ1) is 39.4. The molecule has 61 heavy (non-hydrogen) atoms. The Labute approximate surface area is 359 Å². The average molecular weight is 844 g/mol. The van der Waals surface area contributed by atoms with E-state index < -0.39 is 5.60 Å². The highest BCUT2D eigenvalue weighted by molar-refractivity contribution is 6.29. The molecular formula is C46H50ClN9O5. The second-order valence-electron chi connectivity index (χ2n) is 18.6. The van der Waals surface area contributed by atoms with Crippen molar-refractivity contribution >= 4 is 29.5 Å². The van der Waals surface area contributed by atoms with E-state index in [0.29, 0.717) is 37.2 Å². The van der Waals surface area contributed by atoms with Crippen LogP contribution in [-0.4, -0.2) is 98.3 Å². The van der Waals surface area contributed by atoms with Crippen LogP contribution < -0.4 is 20.7 Å². The van der Waals surface area contributed by atoms with Gasteiger partial charge in [-0.1, -0.05) is 11.6 Å². The van der Waals surface area contributed by atoms with E-state index in [9.17, 15) is 14.4 Å². The van der Waals surface area contributed by atoms with Crippen molar-refractivity contribution in [2.75, 3.05) is 39.3 Å². The number of aromatic amines is 1. The number of nitrogens with zero attached hydrogens (tertiary/aromatic N) is 5. The van der Waals surface area contributed by atoms with Gasteiger partial charge in [0.1, 0.15) is 10.8 Å². The molecule has 0 saturated carbocycles. The normalized spacial score (nSPS) is 18.5. The number of fused-ring (bicyclic) bond motifs is 12. The molecule has 4 aliphatic heterocycles. The summed E-state index contributed by atoms with van der Waals surface area (Å²) in [6.07, 6.45) is 8.73. The van der Waals surface area contributed by atoms with Crippen LogP contribution >= 0.6 is 11.6 Å². The highest BCUT2D eigenvalue weighted by Crippen LogP contribution is 2.47. The largest absolute Gasteiger partial charge is 0.475 e. The van der Waals surface area contributed by atoms with Crippen LogP contribution in [0, 0.1) is 0 Å². The highest BCUT2D eigenvalue weighted by atomic mass is 35.5. The summed E-state index contributed by atoms with van der Waals surface area (Å²) in [4.78, 5) is 56.7. The Hall–Kier alpha value is -5.73. The molecule has 5 aromatic rings. The summed E-state index contributed by atoms with van der Waals surface area (Å²) in [7, 11) is 2.12. The summed E-state index contributed by atoms with van der Waals surface area (Å²) >= 11 is 6.14. The molecule has 6 aliphatic rings. The van der Waals surface area contributed by atoms with Crippen LogP contribution in [0.15, 0.2) is 42.9 Å². The second kappa shape index (κ2) is 14.2.